The van der Waals surface area contributed by atoms with E-state index in [9.17, 15) is 14.9 Å². The van der Waals surface area contributed by atoms with Crippen molar-refractivity contribution >= 4 is 29.1 Å². The summed E-state index contributed by atoms with van der Waals surface area (Å²) >= 11 is 5.95. The Hall–Kier alpha value is -1.93. The zero-order valence-corrected chi connectivity index (χ0v) is 11.9. The van der Waals surface area contributed by atoms with Gasteiger partial charge in [0.1, 0.15) is 18.6 Å². The van der Waals surface area contributed by atoms with E-state index in [2.05, 4.69) is 4.98 Å². The van der Waals surface area contributed by atoms with Crippen LogP contribution in [-0.2, 0) is 4.79 Å². The summed E-state index contributed by atoms with van der Waals surface area (Å²) in [6, 6.07) is 1.16. The first-order valence-electron chi connectivity index (χ1n) is 5.72. The molecule has 1 rings (SSSR count). The zero-order chi connectivity index (χ0) is 15.3. The number of carboxylic acid groups (broad SMARTS) is 1. The van der Waals surface area contributed by atoms with Crippen LogP contribution in [-0.4, -0.2) is 59.6 Å². The third kappa shape index (κ3) is 4.63. The fourth-order valence-electron chi connectivity index (χ4n) is 1.50. The minimum atomic E-state index is -1.03. The molecule has 0 bridgehead atoms. The average molecular weight is 303 g/mol. The molecule has 1 aromatic rings. The molecule has 0 radical (unpaired) electrons. The minimum absolute atomic E-state index is 0.0548. The molecule has 0 unspecified atom stereocenters. The second-order valence-corrected chi connectivity index (χ2v) is 4.78. The fraction of sp³-hybridized carbons (Fsp3) is 0.455. The number of rotatable bonds is 7. The molecule has 1 N–H and O–H groups in total. The quantitative estimate of drug-likeness (QED) is 0.594. The van der Waals surface area contributed by atoms with Gasteiger partial charge < -0.3 is 14.9 Å². The maximum absolute atomic E-state index is 10.9. The van der Waals surface area contributed by atoms with E-state index in [1.165, 1.54) is 4.90 Å². The number of hydrogen-bond acceptors (Lipinski definition) is 6. The molecule has 0 spiro atoms. The highest BCUT2D eigenvalue weighted by molar-refractivity contribution is 6.33. The molecule has 1 aromatic heterocycles. The maximum Gasteiger partial charge on any atom is 0.323 e. The van der Waals surface area contributed by atoms with Crippen molar-refractivity contribution in [3.8, 4) is 0 Å². The van der Waals surface area contributed by atoms with Gasteiger partial charge in [-0.15, -0.1) is 0 Å². The molecule has 20 heavy (non-hydrogen) atoms. The summed E-state index contributed by atoms with van der Waals surface area (Å²) in [6.45, 7) is 0.713. The lowest BCUT2D eigenvalue weighted by Crippen LogP contribution is -2.36. The van der Waals surface area contributed by atoms with E-state index in [-0.39, 0.29) is 23.1 Å². The number of pyridine rings is 1. The Kier molecular flexibility index (Phi) is 5.66. The number of halogens is 1. The zero-order valence-electron chi connectivity index (χ0n) is 11.1. The molecule has 0 atom stereocenters. The number of aliphatic carboxylic acids is 1. The van der Waals surface area contributed by atoms with Gasteiger partial charge in [-0.05, 0) is 14.1 Å². The molecule has 8 nitrogen and oxygen atoms in total. The second kappa shape index (κ2) is 7.01. The van der Waals surface area contributed by atoms with E-state index in [0.29, 0.717) is 13.1 Å². The molecule has 9 heteroatoms. The van der Waals surface area contributed by atoms with Crippen LogP contribution < -0.4 is 4.90 Å². The van der Waals surface area contributed by atoms with E-state index in [1.54, 1.807) is 0 Å². The molecule has 1 heterocycles. The van der Waals surface area contributed by atoms with Gasteiger partial charge in [-0.3, -0.25) is 14.9 Å². The Morgan fingerprint density at radius 2 is 2.15 bits per heavy atom. The maximum atomic E-state index is 10.9. The normalized spacial score (nSPS) is 10.6. The number of nitro groups is 1. The Labute approximate surface area is 120 Å². The Morgan fingerprint density at radius 3 is 2.60 bits per heavy atom. The van der Waals surface area contributed by atoms with E-state index in [1.807, 2.05) is 19.0 Å². The Balaban J connectivity index is 3.00. The average Bonchev–Trinajstić information content (AvgIpc) is 2.33. The Morgan fingerprint density at radius 1 is 1.50 bits per heavy atom. The molecule has 0 aromatic carbocycles. The molecule has 0 saturated heterocycles. The third-order valence-electron chi connectivity index (χ3n) is 2.46. The molecule has 0 aliphatic carbocycles. The summed E-state index contributed by atoms with van der Waals surface area (Å²) < 4.78 is 0. The van der Waals surface area contributed by atoms with Gasteiger partial charge >= 0.3 is 5.97 Å². The molecular formula is C11H15ClN4O4. The third-order valence-corrected chi connectivity index (χ3v) is 2.74. The Bertz CT molecular complexity index is 509. The second-order valence-electron chi connectivity index (χ2n) is 4.37. The number of hydrogen-bond donors (Lipinski definition) is 1. The monoisotopic (exact) mass is 302 g/mol. The fourth-order valence-corrected chi connectivity index (χ4v) is 1.78. The van der Waals surface area contributed by atoms with Crippen LogP contribution in [0.1, 0.15) is 0 Å². The van der Waals surface area contributed by atoms with Gasteiger partial charge in [0.05, 0.1) is 9.95 Å². The number of anilines is 1. The molecule has 0 aliphatic heterocycles. The summed E-state index contributed by atoms with van der Waals surface area (Å²) in [5.41, 5.74) is -0.235. The van der Waals surface area contributed by atoms with Crippen LogP contribution in [0.3, 0.4) is 0 Å². The predicted molar refractivity (Wildman–Crippen MR) is 74.3 cm³/mol. The van der Waals surface area contributed by atoms with Crippen molar-refractivity contribution in [1.29, 1.82) is 0 Å². The van der Waals surface area contributed by atoms with Crippen LogP contribution in [0.25, 0.3) is 0 Å². The summed E-state index contributed by atoms with van der Waals surface area (Å²) in [7, 11) is 3.70. The number of likely N-dealkylation sites (N-methyl/N-ethyl adjacent to an activating group) is 1. The summed E-state index contributed by atoms with van der Waals surface area (Å²) in [4.78, 5) is 28.1. The SMILES string of the molecule is CN(C)CCN(CC(=O)O)c1ncc([N+](=O)[O-])cc1Cl. The van der Waals surface area contributed by atoms with Crippen molar-refractivity contribution in [3.63, 3.8) is 0 Å². The highest BCUT2D eigenvalue weighted by Crippen LogP contribution is 2.26. The highest BCUT2D eigenvalue weighted by Gasteiger charge is 2.18. The molecule has 110 valence electrons. The van der Waals surface area contributed by atoms with Crippen LogP contribution in [0.5, 0.6) is 0 Å². The first-order valence-corrected chi connectivity index (χ1v) is 6.10. The van der Waals surface area contributed by atoms with Gasteiger partial charge in [0, 0.05) is 19.2 Å². The van der Waals surface area contributed by atoms with Crippen LogP contribution in [0.4, 0.5) is 11.5 Å². The predicted octanol–water partition coefficient (Wildman–Crippen LogP) is 1.10. The van der Waals surface area contributed by atoms with E-state index in [4.69, 9.17) is 16.7 Å². The number of nitrogens with zero attached hydrogens (tertiary/aromatic N) is 4. The van der Waals surface area contributed by atoms with E-state index >= 15 is 0 Å². The smallest absolute Gasteiger partial charge is 0.323 e. The summed E-state index contributed by atoms with van der Waals surface area (Å²) in [5, 5.41) is 19.6. The van der Waals surface area contributed by atoms with Crippen molar-refractivity contribution in [2.75, 3.05) is 38.6 Å². The van der Waals surface area contributed by atoms with Crippen molar-refractivity contribution < 1.29 is 14.8 Å². The van der Waals surface area contributed by atoms with Gasteiger partial charge in [-0.2, -0.15) is 0 Å². The van der Waals surface area contributed by atoms with Crippen molar-refractivity contribution in [3.05, 3.63) is 27.4 Å². The molecule has 0 saturated carbocycles. The number of aromatic nitrogens is 1. The van der Waals surface area contributed by atoms with Crippen molar-refractivity contribution in [2.45, 2.75) is 0 Å². The highest BCUT2D eigenvalue weighted by atomic mass is 35.5. The van der Waals surface area contributed by atoms with Crippen LogP contribution >= 0.6 is 11.6 Å². The van der Waals surface area contributed by atoms with E-state index < -0.39 is 10.9 Å². The first-order chi connectivity index (χ1) is 9.31. The summed E-state index contributed by atoms with van der Waals surface area (Å²) in [6.07, 6.45) is 1.06. The largest absolute Gasteiger partial charge is 0.480 e. The van der Waals surface area contributed by atoms with Crippen LogP contribution in [0, 0.1) is 10.1 Å². The first kappa shape index (κ1) is 16.1. The lowest BCUT2D eigenvalue weighted by Gasteiger charge is -2.24. The number of carboxylic acids is 1. The number of carbonyl (C=O) groups is 1. The van der Waals surface area contributed by atoms with Gasteiger partial charge in [0.15, 0.2) is 0 Å². The van der Waals surface area contributed by atoms with Gasteiger partial charge in [0.25, 0.3) is 5.69 Å². The van der Waals surface area contributed by atoms with Gasteiger partial charge in [0.2, 0.25) is 0 Å². The van der Waals surface area contributed by atoms with Gasteiger partial charge in [-0.25, -0.2) is 4.98 Å². The topological polar surface area (TPSA) is 99.8 Å². The minimum Gasteiger partial charge on any atom is -0.480 e. The lowest BCUT2D eigenvalue weighted by atomic mass is 10.3. The standard InChI is InChI=1S/C11H15ClN4O4/c1-14(2)3-4-15(7-10(17)18)11-9(12)5-8(6-13-11)16(19)20/h5-6H,3-4,7H2,1-2H3,(H,17,18). The van der Waals surface area contributed by atoms with Crippen molar-refractivity contribution in [1.82, 2.24) is 9.88 Å². The van der Waals surface area contributed by atoms with E-state index in [0.717, 1.165) is 12.3 Å². The van der Waals surface area contributed by atoms with Gasteiger partial charge in [-0.1, -0.05) is 11.6 Å². The molecule has 0 amide bonds. The molecule has 0 fully saturated rings. The van der Waals surface area contributed by atoms with Crippen LogP contribution in [0.2, 0.25) is 5.02 Å². The van der Waals surface area contributed by atoms with Crippen molar-refractivity contribution in [2.24, 2.45) is 0 Å². The molecule has 0 aliphatic rings. The lowest BCUT2D eigenvalue weighted by molar-refractivity contribution is -0.385. The summed E-state index contributed by atoms with van der Waals surface area (Å²) in [5.74, 6) is -0.804. The van der Waals surface area contributed by atoms with Crippen LogP contribution in [0.15, 0.2) is 12.3 Å². The molecular weight excluding hydrogens is 288 g/mol.